The van der Waals surface area contributed by atoms with Gasteiger partial charge in [0.15, 0.2) is 5.65 Å². The molecular formula is C17H23FN4OS3. The Labute approximate surface area is 168 Å². The molecule has 9 heteroatoms. The summed E-state index contributed by atoms with van der Waals surface area (Å²) in [6, 6.07) is 9.87. The highest BCUT2D eigenvalue weighted by atomic mass is 32.2. The topological polar surface area (TPSA) is 51.5 Å². The van der Waals surface area contributed by atoms with Crippen molar-refractivity contribution >= 4 is 42.6 Å². The highest BCUT2D eigenvalue weighted by Gasteiger charge is 2.08. The Morgan fingerprint density at radius 1 is 1.19 bits per heavy atom. The van der Waals surface area contributed by atoms with E-state index in [1.807, 2.05) is 72.9 Å². The number of thiol groups is 1. The molecule has 142 valence electrons. The molecule has 0 unspecified atom stereocenters. The Balaban J connectivity index is 0.000000500. The molecule has 0 radical (unpaired) electrons. The van der Waals surface area contributed by atoms with Gasteiger partial charge >= 0.3 is 0 Å². The molecule has 0 fully saturated rings. The minimum Gasteiger partial charge on any atom is -0.439 e. The van der Waals surface area contributed by atoms with Gasteiger partial charge in [0.1, 0.15) is 18.1 Å². The lowest BCUT2D eigenvalue weighted by Crippen LogP contribution is -1.98. The molecule has 0 saturated heterocycles. The third-order valence-corrected chi connectivity index (χ3v) is 4.14. The van der Waals surface area contributed by atoms with Crippen LogP contribution in [0, 0.1) is 13.8 Å². The predicted molar refractivity (Wildman–Crippen MR) is 113 cm³/mol. The number of nitrogens with zero attached hydrogens (tertiary/aromatic N) is 3. The zero-order valence-corrected chi connectivity index (χ0v) is 17.9. The number of fused-ring (bicyclic) bond motifs is 1. The van der Waals surface area contributed by atoms with Crippen LogP contribution < -0.4 is 8.86 Å². The molecular weight excluding hydrogens is 391 g/mol. The average Bonchev–Trinajstić information content (AvgIpc) is 3.06. The predicted octanol–water partition coefficient (Wildman–Crippen LogP) is 5.84. The fourth-order valence-electron chi connectivity index (χ4n) is 2.01. The van der Waals surface area contributed by atoms with E-state index in [2.05, 4.69) is 29.2 Å². The van der Waals surface area contributed by atoms with Crippen molar-refractivity contribution in [2.24, 2.45) is 0 Å². The molecule has 1 N–H and O–H groups in total. The fraction of sp³-hybridized carbons (Fsp3) is 0.294. The molecule has 0 spiro atoms. The standard InChI is InChI=1S/C15H15N3OS.C2H6.FH2NS2/c1-10-9-16-18-11(2)8-14(17-15(10)18)19-12-4-6-13(20-3)7-5-12;1-2;1-4-2-3/h4-9H,1-3H3;1-2H3;2-3H. The Kier molecular flexibility index (Phi) is 10.5. The SMILES string of the molecule is CC.CSc1ccc(Oc2cc(C)n3ncc(C)c3n2)cc1.FSNS. The monoisotopic (exact) mass is 414 g/mol. The molecule has 3 aromatic rings. The molecule has 0 saturated carbocycles. The lowest BCUT2D eigenvalue weighted by Gasteiger charge is -2.07. The van der Waals surface area contributed by atoms with Crippen molar-refractivity contribution in [2.45, 2.75) is 32.6 Å². The van der Waals surface area contributed by atoms with Crippen molar-refractivity contribution < 1.29 is 8.62 Å². The Morgan fingerprint density at radius 2 is 1.81 bits per heavy atom. The van der Waals surface area contributed by atoms with Gasteiger partial charge in [-0.3, -0.25) is 0 Å². The van der Waals surface area contributed by atoms with E-state index in [0.29, 0.717) is 5.88 Å². The summed E-state index contributed by atoms with van der Waals surface area (Å²) in [4.78, 5) is 5.72. The summed E-state index contributed by atoms with van der Waals surface area (Å²) in [5.74, 6) is 1.38. The summed E-state index contributed by atoms with van der Waals surface area (Å²) in [5.41, 5.74) is 2.87. The van der Waals surface area contributed by atoms with Gasteiger partial charge in [0.2, 0.25) is 5.88 Å². The van der Waals surface area contributed by atoms with Crippen LogP contribution in [0.25, 0.3) is 5.65 Å². The van der Waals surface area contributed by atoms with Crippen molar-refractivity contribution in [1.29, 1.82) is 0 Å². The number of ether oxygens (including phenoxy) is 1. The molecule has 1 aromatic carbocycles. The van der Waals surface area contributed by atoms with Crippen LogP contribution in [0.5, 0.6) is 11.6 Å². The first-order chi connectivity index (χ1) is 12.6. The Morgan fingerprint density at radius 3 is 2.35 bits per heavy atom. The number of hydrogen-bond acceptors (Lipinski definition) is 7. The normalized spacial score (nSPS) is 9.81. The zero-order valence-electron chi connectivity index (χ0n) is 15.4. The van der Waals surface area contributed by atoms with E-state index < -0.39 is 0 Å². The number of thioether (sulfide) groups is 1. The summed E-state index contributed by atoms with van der Waals surface area (Å²) < 4.78 is 20.0. The lowest BCUT2D eigenvalue weighted by molar-refractivity contribution is 0.461. The largest absolute Gasteiger partial charge is 0.439 e. The summed E-state index contributed by atoms with van der Waals surface area (Å²) in [6.45, 7) is 7.98. The smallest absolute Gasteiger partial charge is 0.223 e. The number of aryl methyl sites for hydroxylation is 2. The molecule has 0 amide bonds. The maximum absolute atomic E-state index is 10.5. The second-order valence-corrected chi connectivity index (χ2v) is 6.51. The molecule has 0 aliphatic carbocycles. The number of rotatable bonds is 4. The molecule has 0 aliphatic heterocycles. The van der Waals surface area contributed by atoms with Gasteiger partial charge < -0.3 is 4.74 Å². The molecule has 0 atom stereocenters. The molecule has 26 heavy (non-hydrogen) atoms. The summed E-state index contributed by atoms with van der Waals surface area (Å²) >= 11 is 4.94. The van der Waals surface area contributed by atoms with Crippen LogP contribution in [-0.4, -0.2) is 20.9 Å². The Bertz CT molecular complexity index is 795. The minimum absolute atomic E-state index is 0.0293. The van der Waals surface area contributed by atoms with Crippen LogP contribution in [0.4, 0.5) is 3.89 Å². The molecule has 2 heterocycles. The van der Waals surface area contributed by atoms with Crippen molar-refractivity contribution in [3.63, 3.8) is 0 Å². The van der Waals surface area contributed by atoms with Crippen molar-refractivity contribution in [1.82, 2.24) is 18.7 Å². The van der Waals surface area contributed by atoms with Gasteiger partial charge in [-0.1, -0.05) is 26.7 Å². The average molecular weight is 415 g/mol. The van der Waals surface area contributed by atoms with Gasteiger partial charge in [-0.2, -0.15) is 14.2 Å². The van der Waals surface area contributed by atoms with Crippen LogP contribution >= 0.6 is 36.9 Å². The first-order valence-corrected chi connectivity index (χ1v) is 10.3. The number of nitrogens with one attached hydrogen (secondary N) is 1. The Hall–Kier alpha value is -1.42. The van der Waals surface area contributed by atoms with Gasteiger partial charge in [0.25, 0.3) is 0 Å². The summed E-state index contributed by atoms with van der Waals surface area (Å²) in [6.07, 6.45) is 3.86. The van der Waals surface area contributed by atoms with Gasteiger partial charge in [-0.05, 0) is 44.4 Å². The molecule has 2 aromatic heterocycles. The zero-order chi connectivity index (χ0) is 19.5. The van der Waals surface area contributed by atoms with Crippen molar-refractivity contribution in [3.8, 4) is 11.6 Å². The minimum atomic E-state index is -0.0293. The number of benzene rings is 1. The van der Waals surface area contributed by atoms with Crippen molar-refractivity contribution in [3.05, 3.63) is 47.8 Å². The van der Waals surface area contributed by atoms with Crippen molar-refractivity contribution in [2.75, 3.05) is 6.26 Å². The van der Waals surface area contributed by atoms with Gasteiger partial charge in [-0.25, -0.2) is 4.52 Å². The molecule has 0 bridgehead atoms. The van der Waals surface area contributed by atoms with E-state index in [1.54, 1.807) is 11.8 Å². The second-order valence-electron chi connectivity index (χ2n) is 4.74. The van der Waals surface area contributed by atoms with Crippen LogP contribution in [0.1, 0.15) is 25.1 Å². The second kappa shape index (κ2) is 12.1. The highest BCUT2D eigenvalue weighted by molar-refractivity contribution is 8.02. The van der Waals surface area contributed by atoms with E-state index in [-0.39, 0.29) is 12.3 Å². The third-order valence-electron chi connectivity index (χ3n) is 3.12. The van der Waals surface area contributed by atoms with E-state index in [1.165, 1.54) is 4.90 Å². The molecule has 3 rings (SSSR count). The summed E-state index contributed by atoms with van der Waals surface area (Å²) in [7, 11) is 0. The van der Waals surface area contributed by atoms with E-state index in [0.717, 1.165) is 22.7 Å². The van der Waals surface area contributed by atoms with Crippen LogP contribution in [-0.2, 0) is 0 Å². The van der Waals surface area contributed by atoms with Crippen LogP contribution in [0.2, 0.25) is 0 Å². The first-order valence-electron chi connectivity index (χ1n) is 7.89. The van der Waals surface area contributed by atoms with Gasteiger partial charge in [0, 0.05) is 22.2 Å². The highest BCUT2D eigenvalue weighted by Crippen LogP contribution is 2.24. The maximum atomic E-state index is 10.5. The lowest BCUT2D eigenvalue weighted by atomic mass is 10.3. The molecule has 0 aliphatic rings. The van der Waals surface area contributed by atoms with E-state index in [9.17, 15) is 3.89 Å². The van der Waals surface area contributed by atoms with Crippen LogP contribution in [0.15, 0.2) is 41.4 Å². The van der Waals surface area contributed by atoms with E-state index >= 15 is 0 Å². The fourth-order valence-corrected chi connectivity index (χ4v) is 2.42. The first kappa shape index (κ1) is 22.6. The van der Waals surface area contributed by atoms with Crippen LogP contribution in [0.3, 0.4) is 0 Å². The maximum Gasteiger partial charge on any atom is 0.223 e. The third kappa shape index (κ3) is 6.39. The molecule has 5 nitrogen and oxygen atoms in total. The quantitative estimate of drug-likeness (QED) is 0.318. The van der Waals surface area contributed by atoms with Gasteiger partial charge in [0.05, 0.1) is 6.20 Å². The van der Waals surface area contributed by atoms with E-state index in [4.69, 9.17) is 4.74 Å². The summed E-state index contributed by atoms with van der Waals surface area (Å²) in [5, 5.41) is 4.28. The number of aromatic nitrogens is 3. The number of halogens is 1. The van der Waals surface area contributed by atoms with Gasteiger partial charge in [-0.15, -0.1) is 15.6 Å². The number of hydrogen-bond donors (Lipinski definition) is 2.